The highest BCUT2D eigenvalue weighted by atomic mass is 16.2. The van der Waals surface area contributed by atoms with Crippen LogP contribution >= 0.6 is 0 Å². The Morgan fingerprint density at radius 2 is 1.87 bits per heavy atom. The van der Waals surface area contributed by atoms with Gasteiger partial charge in [0, 0.05) is 49.7 Å². The predicted octanol–water partition coefficient (Wildman–Crippen LogP) is 2.15. The SMILES string of the molecule is O=C(CCn1cccn1)Nc1ccc(C(=O)N2CCCC2)cc1. The molecule has 1 aromatic carbocycles. The average molecular weight is 312 g/mol. The topological polar surface area (TPSA) is 67.2 Å². The number of likely N-dealkylation sites (tertiary alicyclic amines) is 1. The van der Waals surface area contributed by atoms with Gasteiger partial charge < -0.3 is 10.2 Å². The van der Waals surface area contributed by atoms with E-state index in [0.717, 1.165) is 25.9 Å². The van der Waals surface area contributed by atoms with Crippen molar-refractivity contribution in [2.24, 2.45) is 0 Å². The van der Waals surface area contributed by atoms with Gasteiger partial charge in [0.05, 0.1) is 0 Å². The van der Waals surface area contributed by atoms with Crippen molar-refractivity contribution < 1.29 is 9.59 Å². The van der Waals surface area contributed by atoms with Crippen molar-refractivity contribution in [3.05, 3.63) is 48.3 Å². The molecule has 0 atom stereocenters. The number of rotatable bonds is 5. The van der Waals surface area contributed by atoms with E-state index in [1.165, 1.54) is 0 Å². The van der Waals surface area contributed by atoms with Crippen molar-refractivity contribution in [1.29, 1.82) is 0 Å². The maximum atomic E-state index is 12.2. The number of aromatic nitrogens is 2. The molecule has 0 saturated carbocycles. The summed E-state index contributed by atoms with van der Waals surface area (Å²) in [5, 5.41) is 6.89. The first kappa shape index (κ1) is 15.3. The van der Waals surface area contributed by atoms with Crippen LogP contribution in [0.2, 0.25) is 0 Å². The number of carbonyl (C=O) groups excluding carboxylic acids is 2. The predicted molar refractivity (Wildman–Crippen MR) is 87.1 cm³/mol. The molecule has 23 heavy (non-hydrogen) atoms. The van der Waals surface area contributed by atoms with Crippen LogP contribution in [0.25, 0.3) is 0 Å². The lowest BCUT2D eigenvalue weighted by atomic mass is 10.2. The Bertz CT molecular complexity index is 658. The third-order valence-corrected chi connectivity index (χ3v) is 3.94. The molecule has 0 unspecified atom stereocenters. The lowest BCUT2D eigenvalue weighted by molar-refractivity contribution is -0.116. The third kappa shape index (κ3) is 3.97. The van der Waals surface area contributed by atoms with Crippen molar-refractivity contribution >= 4 is 17.5 Å². The summed E-state index contributed by atoms with van der Waals surface area (Å²) in [6.07, 6.45) is 6.03. The van der Waals surface area contributed by atoms with Gasteiger partial charge in [-0.15, -0.1) is 0 Å². The van der Waals surface area contributed by atoms with Crippen molar-refractivity contribution in [2.45, 2.75) is 25.8 Å². The van der Waals surface area contributed by atoms with Crippen molar-refractivity contribution in [3.8, 4) is 0 Å². The fourth-order valence-corrected chi connectivity index (χ4v) is 2.67. The molecular weight excluding hydrogens is 292 g/mol. The summed E-state index contributed by atoms with van der Waals surface area (Å²) in [7, 11) is 0. The van der Waals surface area contributed by atoms with Gasteiger partial charge in [-0.2, -0.15) is 5.10 Å². The molecule has 0 aliphatic carbocycles. The second kappa shape index (κ2) is 7.09. The molecular formula is C17H20N4O2. The van der Waals surface area contributed by atoms with E-state index in [0.29, 0.717) is 24.2 Å². The van der Waals surface area contributed by atoms with Gasteiger partial charge >= 0.3 is 0 Å². The van der Waals surface area contributed by atoms with Gasteiger partial charge in [0.1, 0.15) is 0 Å². The highest BCUT2D eigenvalue weighted by molar-refractivity contribution is 5.95. The van der Waals surface area contributed by atoms with E-state index in [1.54, 1.807) is 35.1 Å². The molecule has 0 bridgehead atoms. The molecule has 0 spiro atoms. The number of nitrogens with zero attached hydrogens (tertiary/aromatic N) is 3. The molecule has 3 rings (SSSR count). The monoisotopic (exact) mass is 312 g/mol. The fraction of sp³-hybridized carbons (Fsp3) is 0.353. The zero-order chi connectivity index (χ0) is 16.1. The number of aryl methyl sites for hydroxylation is 1. The van der Waals surface area contributed by atoms with Crippen LogP contribution in [0.15, 0.2) is 42.7 Å². The minimum Gasteiger partial charge on any atom is -0.339 e. The number of hydrogen-bond donors (Lipinski definition) is 1. The normalized spacial score (nSPS) is 14.0. The smallest absolute Gasteiger partial charge is 0.253 e. The summed E-state index contributed by atoms with van der Waals surface area (Å²) in [5.74, 6) is -0.00169. The van der Waals surface area contributed by atoms with Crippen LogP contribution in [-0.4, -0.2) is 39.6 Å². The van der Waals surface area contributed by atoms with E-state index in [4.69, 9.17) is 0 Å². The zero-order valence-electron chi connectivity index (χ0n) is 12.9. The largest absolute Gasteiger partial charge is 0.339 e. The Kier molecular flexibility index (Phi) is 4.71. The Morgan fingerprint density at radius 1 is 1.13 bits per heavy atom. The second-order valence-electron chi connectivity index (χ2n) is 5.64. The summed E-state index contributed by atoms with van der Waals surface area (Å²) in [6, 6.07) is 8.91. The molecule has 1 saturated heterocycles. The van der Waals surface area contributed by atoms with Crippen LogP contribution in [0.5, 0.6) is 0 Å². The number of benzene rings is 1. The van der Waals surface area contributed by atoms with Crippen LogP contribution in [0.3, 0.4) is 0 Å². The van der Waals surface area contributed by atoms with Gasteiger partial charge in [-0.05, 0) is 43.2 Å². The first-order valence-corrected chi connectivity index (χ1v) is 7.89. The molecule has 6 heteroatoms. The molecule has 1 fully saturated rings. The van der Waals surface area contributed by atoms with Gasteiger partial charge in [0.15, 0.2) is 0 Å². The molecule has 120 valence electrons. The maximum absolute atomic E-state index is 12.2. The van der Waals surface area contributed by atoms with Gasteiger partial charge in [-0.1, -0.05) is 0 Å². The molecule has 2 heterocycles. The van der Waals surface area contributed by atoms with Crippen LogP contribution < -0.4 is 5.32 Å². The van der Waals surface area contributed by atoms with E-state index in [9.17, 15) is 9.59 Å². The van der Waals surface area contributed by atoms with Crippen LogP contribution in [0.1, 0.15) is 29.6 Å². The van der Waals surface area contributed by atoms with Crippen LogP contribution in [0.4, 0.5) is 5.69 Å². The first-order chi connectivity index (χ1) is 11.2. The Balaban J connectivity index is 1.52. The van der Waals surface area contributed by atoms with E-state index >= 15 is 0 Å². The molecule has 1 N–H and O–H groups in total. The Hall–Kier alpha value is -2.63. The van der Waals surface area contributed by atoms with Gasteiger partial charge in [-0.3, -0.25) is 14.3 Å². The summed E-state index contributed by atoms with van der Waals surface area (Å²) < 4.78 is 1.72. The van der Waals surface area contributed by atoms with E-state index < -0.39 is 0 Å². The summed E-state index contributed by atoms with van der Waals surface area (Å²) in [5.41, 5.74) is 1.37. The number of anilines is 1. The molecule has 2 amide bonds. The number of nitrogens with one attached hydrogen (secondary N) is 1. The number of carbonyl (C=O) groups is 2. The van der Waals surface area contributed by atoms with Gasteiger partial charge in [-0.25, -0.2) is 0 Å². The summed E-state index contributed by atoms with van der Waals surface area (Å²) >= 11 is 0. The highest BCUT2D eigenvalue weighted by Crippen LogP contribution is 2.15. The van der Waals surface area contributed by atoms with E-state index in [2.05, 4.69) is 10.4 Å². The molecule has 2 aromatic rings. The average Bonchev–Trinajstić information content (AvgIpc) is 3.26. The van der Waals surface area contributed by atoms with Crippen LogP contribution in [0, 0.1) is 0 Å². The van der Waals surface area contributed by atoms with Crippen molar-refractivity contribution in [3.63, 3.8) is 0 Å². The molecule has 1 aliphatic rings. The van der Waals surface area contributed by atoms with E-state index in [-0.39, 0.29) is 11.8 Å². The minimum atomic E-state index is -0.0703. The Morgan fingerprint density at radius 3 is 2.52 bits per heavy atom. The second-order valence-corrected chi connectivity index (χ2v) is 5.64. The quantitative estimate of drug-likeness (QED) is 0.920. The van der Waals surface area contributed by atoms with E-state index in [1.807, 2.05) is 17.2 Å². The first-order valence-electron chi connectivity index (χ1n) is 7.89. The summed E-state index contributed by atoms with van der Waals surface area (Å²) in [4.78, 5) is 26.0. The standard InChI is InChI=1S/C17H20N4O2/c22-16(8-13-21-12-3-9-18-21)19-15-6-4-14(5-7-15)17(23)20-10-1-2-11-20/h3-7,9,12H,1-2,8,10-11,13H2,(H,19,22). The van der Waals surface area contributed by atoms with Gasteiger partial charge in [0.25, 0.3) is 5.91 Å². The molecule has 1 aliphatic heterocycles. The minimum absolute atomic E-state index is 0.0686. The lowest BCUT2D eigenvalue weighted by Crippen LogP contribution is -2.27. The molecule has 0 radical (unpaired) electrons. The Labute approximate surface area is 135 Å². The number of amides is 2. The van der Waals surface area contributed by atoms with Crippen molar-refractivity contribution in [1.82, 2.24) is 14.7 Å². The highest BCUT2D eigenvalue weighted by Gasteiger charge is 2.19. The lowest BCUT2D eigenvalue weighted by Gasteiger charge is -2.15. The third-order valence-electron chi connectivity index (χ3n) is 3.94. The van der Waals surface area contributed by atoms with Gasteiger partial charge in [0.2, 0.25) is 5.91 Å². The van der Waals surface area contributed by atoms with Crippen molar-refractivity contribution in [2.75, 3.05) is 18.4 Å². The van der Waals surface area contributed by atoms with Crippen LogP contribution in [-0.2, 0) is 11.3 Å². The zero-order valence-corrected chi connectivity index (χ0v) is 12.9. The fourth-order valence-electron chi connectivity index (χ4n) is 2.67. The maximum Gasteiger partial charge on any atom is 0.253 e. The number of hydrogen-bond acceptors (Lipinski definition) is 3. The summed E-state index contributed by atoms with van der Waals surface area (Å²) in [6.45, 7) is 2.22. The molecule has 1 aromatic heterocycles. The molecule has 6 nitrogen and oxygen atoms in total.